The first-order valence-electron chi connectivity index (χ1n) is 16.8. The zero-order valence-electron chi connectivity index (χ0n) is 30.4. The third-order valence-electron chi connectivity index (χ3n) is 9.95. The maximum Gasteiger partial charge on any atom is 0.341 e. The van der Waals surface area contributed by atoms with Crippen LogP contribution in [0.1, 0.15) is 70.0 Å². The Morgan fingerprint density at radius 1 is 0.922 bits per heavy atom. The normalized spacial score (nSPS) is 21.5. The van der Waals surface area contributed by atoms with Gasteiger partial charge in [0.15, 0.2) is 0 Å². The van der Waals surface area contributed by atoms with E-state index in [1.165, 1.54) is 27.4 Å². The standard InChI is InChI=1S/C39H44N4O8/c1-10-23-18(2)26-17-29-31(22(6)45)21(5)35(42-29)25(12-11-15-44)34-19(3)24(13-14-30(46)49-7)36(43-34)33(39(48)51-9)37-32(38(47)50-8)20(4)27(41-37)16-28(23)40-26/h11-12,15-17,19,22,24,40,44-45H,10,13-14H2,1-9H3/b15-11-,25-12-,27-16?,29-17?,36-33?/t19-,22?,24-/m0/s1. The number of carbonyl (C=O) groups is 3. The zero-order chi connectivity index (χ0) is 37.3. The van der Waals surface area contributed by atoms with E-state index >= 15 is 0 Å². The Balaban J connectivity index is 1.98. The summed E-state index contributed by atoms with van der Waals surface area (Å²) in [4.78, 5) is 58.5. The number of ether oxygens (including phenoxy) is 3. The Hall–Kier alpha value is -5.36. The molecule has 5 heterocycles. The van der Waals surface area contributed by atoms with Gasteiger partial charge in [0.2, 0.25) is 0 Å². The minimum Gasteiger partial charge on any atom is -0.516 e. The maximum atomic E-state index is 13.9. The summed E-state index contributed by atoms with van der Waals surface area (Å²) in [6, 6.07) is 0. The Morgan fingerprint density at radius 3 is 2.18 bits per heavy atom. The molecule has 0 amide bonds. The van der Waals surface area contributed by atoms with Gasteiger partial charge in [-0.1, -0.05) is 13.8 Å². The van der Waals surface area contributed by atoms with Gasteiger partial charge < -0.3 is 29.4 Å². The molecule has 3 N–H and O–H groups in total. The molecule has 5 rings (SSSR count). The Morgan fingerprint density at radius 2 is 1.57 bits per heavy atom. The third-order valence-corrected chi connectivity index (χ3v) is 9.95. The number of aliphatic hydroxyl groups is 2. The molecule has 0 aromatic carbocycles. The molecule has 51 heavy (non-hydrogen) atoms. The van der Waals surface area contributed by atoms with Gasteiger partial charge in [0, 0.05) is 40.8 Å². The highest BCUT2D eigenvalue weighted by Gasteiger charge is 2.43. The van der Waals surface area contributed by atoms with Crippen molar-refractivity contribution >= 4 is 47.2 Å². The van der Waals surface area contributed by atoms with Gasteiger partial charge >= 0.3 is 17.9 Å². The van der Waals surface area contributed by atoms with Crippen LogP contribution in [0.15, 0.2) is 83.9 Å². The van der Waals surface area contributed by atoms with Crippen LogP contribution in [-0.2, 0) is 35.0 Å². The lowest BCUT2D eigenvalue weighted by Crippen LogP contribution is -2.25. The highest BCUT2D eigenvalue weighted by molar-refractivity contribution is 6.38. The highest BCUT2D eigenvalue weighted by Crippen LogP contribution is 2.44. The van der Waals surface area contributed by atoms with Crippen LogP contribution in [-0.4, -0.2) is 77.7 Å². The SMILES string of the molecule is CCc1c2[nH]c(c1C)C=C1N=C(C(C)=C1C(C)O)/C(=C\C=C/O)C1=NC(=C(C(=O)OC)C3=NC(=C2)C(C)=C3C(=O)OC)[C@@H](CCC(=O)OC)[C@@H]1C. The predicted molar refractivity (Wildman–Crippen MR) is 195 cm³/mol. The summed E-state index contributed by atoms with van der Waals surface area (Å²) < 4.78 is 15.5. The van der Waals surface area contributed by atoms with Crippen molar-refractivity contribution in [1.29, 1.82) is 0 Å². The van der Waals surface area contributed by atoms with Crippen LogP contribution in [0, 0.1) is 18.8 Å². The van der Waals surface area contributed by atoms with Gasteiger partial charge in [0.05, 0.1) is 73.5 Å². The molecular formula is C39H44N4O8. The van der Waals surface area contributed by atoms with Crippen LogP contribution in [0.4, 0.5) is 0 Å². The van der Waals surface area contributed by atoms with E-state index < -0.39 is 35.8 Å². The average Bonchev–Trinajstić information content (AvgIpc) is 3.80. The fourth-order valence-electron chi connectivity index (χ4n) is 7.30. The lowest BCUT2D eigenvalue weighted by Gasteiger charge is -2.20. The lowest BCUT2D eigenvalue weighted by atomic mass is 9.81. The molecule has 3 atom stereocenters. The van der Waals surface area contributed by atoms with E-state index in [9.17, 15) is 24.6 Å². The molecule has 1 aromatic rings. The number of methoxy groups -OCH3 is 3. The van der Waals surface area contributed by atoms with E-state index in [0.29, 0.717) is 51.5 Å². The molecule has 8 bridgehead atoms. The molecule has 12 nitrogen and oxygen atoms in total. The number of aromatic amines is 1. The van der Waals surface area contributed by atoms with Crippen molar-refractivity contribution in [2.45, 2.75) is 66.9 Å². The minimum atomic E-state index is -0.871. The third kappa shape index (κ3) is 6.51. The van der Waals surface area contributed by atoms with E-state index in [1.807, 2.05) is 39.8 Å². The number of hydrogen-bond donors (Lipinski definition) is 3. The molecule has 0 radical (unpaired) electrons. The van der Waals surface area contributed by atoms with Crippen LogP contribution in [0.5, 0.6) is 0 Å². The van der Waals surface area contributed by atoms with Crippen molar-refractivity contribution < 1.29 is 38.8 Å². The van der Waals surface area contributed by atoms with Gasteiger partial charge in [-0.2, -0.15) is 0 Å². The number of esters is 3. The molecule has 0 fully saturated rings. The van der Waals surface area contributed by atoms with Crippen molar-refractivity contribution in [3.05, 3.63) is 91.5 Å². The number of aliphatic imine (C=N–C) groups is 3. The number of nitrogens with zero attached hydrogens (tertiary/aromatic N) is 3. The second-order valence-corrected chi connectivity index (χ2v) is 12.8. The van der Waals surface area contributed by atoms with Crippen molar-refractivity contribution in [1.82, 2.24) is 4.98 Å². The molecule has 1 unspecified atom stereocenters. The summed E-state index contributed by atoms with van der Waals surface area (Å²) in [6.07, 6.45) is 7.83. The van der Waals surface area contributed by atoms with Gasteiger partial charge in [-0.3, -0.25) is 9.79 Å². The fourth-order valence-corrected chi connectivity index (χ4v) is 7.30. The second kappa shape index (κ2) is 14.9. The summed E-state index contributed by atoms with van der Waals surface area (Å²) >= 11 is 0. The number of aliphatic hydroxyl groups excluding tert-OH is 2. The number of nitrogens with one attached hydrogen (secondary N) is 1. The predicted octanol–water partition coefficient (Wildman–Crippen LogP) is 5.76. The number of aromatic nitrogens is 1. The topological polar surface area (TPSA) is 172 Å². The Labute approximate surface area is 297 Å². The van der Waals surface area contributed by atoms with Gasteiger partial charge in [0.1, 0.15) is 5.57 Å². The number of hydrogen-bond acceptors (Lipinski definition) is 11. The molecule has 12 heteroatoms. The minimum absolute atomic E-state index is 0.0191. The van der Waals surface area contributed by atoms with Gasteiger partial charge in [-0.05, 0) is 87.1 Å². The molecule has 1 aromatic heterocycles. The molecule has 0 saturated carbocycles. The largest absolute Gasteiger partial charge is 0.516 e. The maximum absolute atomic E-state index is 13.9. The number of carbonyl (C=O) groups excluding carboxylic acids is 3. The van der Waals surface area contributed by atoms with Crippen LogP contribution in [0.2, 0.25) is 0 Å². The number of rotatable bonds is 8. The first kappa shape index (κ1) is 36.9. The van der Waals surface area contributed by atoms with Crippen LogP contribution < -0.4 is 0 Å². The van der Waals surface area contributed by atoms with Crippen LogP contribution in [0.25, 0.3) is 12.2 Å². The fraction of sp³-hybridized carbons (Fsp3) is 0.385. The van der Waals surface area contributed by atoms with Crippen molar-refractivity contribution in [2.75, 3.05) is 21.3 Å². The molecule has 0 spiro atoms. The van der Waals surface area contributed by atoms with Crippen molar-refractivity contribution in [2.24, 2.45) is 26.8 Å². The van der Waals surface area contributed by atoms with E-state index in [4.69, 9.17) is 29.2 Å². The summed E-state index contributed by atoms with van der Waals surface area (Å²) in [5.74, 6) is -2.86. The van der Waals surface area contributed by atoms with Crippen LogP contribution >= 0.6 is 0 Å². The van der Waals surface area contributed by atoms with Crippen molar-refractivity contribution in [3.8, 4) is 0 Å². The Bertz CT molecular complexity index is 2020. The highest BCUT2D eigenvalue weighted by atomic mass is 16.5. The molecule has 4 aliphatic rings. The van der Waals surface area contributed by atoms with E-state index in [-0.39, 0.29) is 35.4 Å². The summed E-state index contributed by atoms with van der Waals surface area (Å²) in [6.45, 7) is 11.3. The lowest BCUT2D eigenvalue weighted by molar-refractivity contribution is -0.141. The monoisotopic (exact) mass is 696 g/mol. The van der Waals surface area contributed by atoms with E-state index in [2.05, 4.69) is 4.98 Å². The van der Waals surface area contributed by atoms with E-state index in [0.717, 1.165) is 28.8 Å². The van der Waals surface area contributed by atoms with Crippen molar-refractivity contribution in [3.63, 3.8) is 0 Å². The number of fused-ring (bicyclic) bond motifs is 5. The first-order chi connectivity index (χ1) is 24.3. The first-order valence-corrected chi connectivity index (χ1v) is 16.8. The summed E-state index contributed by atoms with van der Waals surface area (Å²) in [5, 5.41) is 20.8. The quantitative estimate of drug-likeness (QED) is 0.175. The Kier molecular flexibility index (Phi) is 10.8. The van der Waals surface area contributed by atoms with Gasteiger partial charge in [0.25, 0.3) is 0 Å². The average molecular weight is 697 g/mol. The molecule has 0 saturated heterocycles. The van der Waals surface area contributed by atoms with Crippen LogP contribution in [0.3, 0.4) is 0 Å². The number of allylic oxidation sites excluding steroid dienone is 6. The van der Waals surface area contributed by atoms with E-state index in [1.54, 1.807) is 19.9 Å². The smallest absolute Gasteiger partial charge is 0.341 e. The zero-order valence-corrected chi connectivity index (χ0v) is 30.4. The second-order valence-electron chi connectivity index (χ2n) is 12.8. The van der Waals surface area contributed by atoms with Gasteiger partial charge in [-0.25, -0.2) is 19.6 Å². The molecule has 4 aliphatic heterocycles. The number of H-pyrrole nitrogens is 1. The molecular weight excluding hydrogens is 652 g/mol. The molecule has 268 valence electrons. The molecule has 0 aliphatic carbocycles. The summed E-state index contributed by atoms with van der Waals surface area (Å²) in [5.41, 5.74) is 8.29. The van der Waals surface area contributed by atoms with Gasteiger partial charge in [-0.15, -0.1) is 0 Å². The summed E-state index contributed by atoms with van der Waals surface area (Å²) in [7, 11) is 3.81.